The quantitative estimate of drug-likeness (QED) is 0.505. The van der Waals surface area contributed by atoms with Gasteiger partial charge in [0.15, 0.2) is 0 Å². The maximum absolute atomic E-state index is 12.7. The number of methoxy groups -OCH3 is 1. The molecule has 0 aliphatic carbocycles. The first-order valence-electron chi connectivity index (χ1n) is 9.18. The maximum Gasteiger partial charge on any atom is 0.241 e. The van der Waals surface area contributed by atoms with E-state index in [9.17, 15) is 8.42 Å². The molecule has 0 saturated heterocycles. The minimum Gasteiger partial charge on any atom is -0.497 e. The SMILES string of the molecule is COc1ccc(Oc2cccc(S(=O)(=O)N[C@@H](C)COc3ccc(Cl)cc3)c2)cc1. The van der Waals surface area contributed by atoms with Gasteiger partial charge in [0.25, 0.3) is 0 Å². The molecule has 6 nitrogen and oxygen atoms in total. The highest BCUT2D eigenvalue weighted by Gasteiger charge is 2.18. The fourth-order valence-electron chi connectivity index (χ4n) is 2.60. The summed E-state index contributed by atoms with van der Waals surface area (Å²) < 4.78 is 44.5. The highest BCUT2D eigenvalue weighted by Crippen LogP contribution is 2.26. The predicted molar refractivity (Wildman–Crippen MR) is 116 cm³/mol. The summed E-state index contributed by atoms with van der Waals surface area (Å²) >= 11 is 5.84. The lowest BCUT2D eigenvalue weighted by molar-refractivity contribution is 0.287. The Morgan fingerprint density at radius 1 is 0.900 bits per heavy atom. The van der Waals surface area contributed by atoms with Gasteiger partial charge in [-0.15, -0.1) is 0 Å². The second-order valence-electron chi connectivity index (χ2n) is 6.54. The van der Waals surface area contributed by atoms with E-state index in [1.807, 2.05) is 0 Å². The molecule has 0 bridgehead atoms. The molecule has 3 aromatic rings. The van der Waals surface area contributed by atoms with Crippen molar-refractivity contribution >= 4 is 21.6 Å². The molecule has 0 aliphatic heterocycles. The van der Waals surface area contributed by atoms with Crippen molar-refractivity contribution in [3.63, 3.8) is 0 Å². The fraction of sp³-hybridized carbons (Fsp3) is 0.182. The number of ether oxygens (including phenoxy) is 3. The summed E-state index contributed by atoms with van der Waals surface area (Å²) in [5, 5.41) is 0.604. The Bertz CT molecular complexity index is 1070. The van der Waals surface area contributed by atoms with Crippen LogP contribution in [0.1, 0.15) is 6.92 Å². The van der Waals surface area contributed by atoms with Crippen molar-refractivity contribution in [2.45, 2.75) is 17.9 Å². The average Bonchev–Trinajstić information content (AvgIpc) is 2.74. The highest BCUT2D eigenvalue weighted by atomic mass is 35.5. The summed E-state index contributed by atoms with van der Waals surface area (Å²) in [5.74, 6) is 2.30. The molecule has 30 heavy (non-hydrogen) atoms. The van der Waals surface area contributed by atoms with Gasteiger partial charge in [-0.2, -0.15) is 0 Å². The lowest BCUT2D eigenvalue weighted by Crippen LogP contribution is -2.36. The molecule has 0 amide bonds. The van der Waals surface area contributed by atoms with Crippen LogP contribution < -0.4 is 18.9 Å². The average molecular weight is 448 g/mol. The van der Waals surface area contributed by atoms with Crippen LogP contribution in [0.15, 0.2) is 77.7 Å². The number of nitrogens with one attached hydrogen (secondary N) is 1. The van der Waals surface area contributed by atoms with Crippen LogP contribution in [0.2, 0.25) is 5.02 Å². The first kappa shape index (κ1) is 22.0. The van der Waals surface area contributed by atoms with Gasteiger partial charge in [-0.05, 0) is 67.6 Å². The minimum absolute atomic E-state index is 0.104. The summed E-state index contributed by atoms with van der Waals surface area (Å²) in [7, 11) is -2.17. The number of hydrogen-bond donors (Lipinski definition) is 1. The Balaban J connectivity index is 1.63. The van der Waals surface area contributed by atoms with E-state index >= 15 is 0 Å². The topological polar surface area (TPSA) is 73.9 Å². The molecule has 1 atom stereocenters. The number of hydrogen-bond acceptors (Lipinski definition) is 5. The van der Waals surface area contributed by atoms with Crippen molar-refractivity contribution in [3.8, 4) is 23.0 Å². The van der Waals surface area contributed by atoms with E-state index in [2.05, 4.69) is 4.72 Å². The molecule has 0 saturated carbocycles. The summed E-state index contributed by atoms with van der Waals surface area (Å²) in [4.78, 5) is 0.104. The van der Waals surface area contributed by atoms with Crippen LogP contribution in [-0.4, -0.2) is 28.2 Å². The number of halogens is 1. The molecule has 0 heterocycles. The molecule has 0 aromatic heterocycles. The smallest absolute Gasteiger partial charge is 0.241 e. The van der Waals surface area contributed by atoms with Crippen LogP contribution in [0.4, 0.5) is 0 Å². The summed E-state index contributed by atoms with van der Waals surface area (Å²) in [6.07, 6.45) is 0. The van der Waals surface area contributed by atoms with E-state index in [1.54, 1.807) is 74.7 Å². The van der Waals surface area contributed by atoms with Crippen LogP contribution in [0.5, 0.6) is 23.0 Å². The van der Waals surface area contributed by atoms with Crippen molar-refractivity contribution in [1.29, 1.82) is 0 Å². The van der Waals surface area contributed by atoms with Gasteiger partial charge >= 0.3 is 0 Å². The number of rotatable bonds is 9. The van der Waals surface area contributed by atoms with Crippen LogP contribution in [0.3, 0.4) is 0 Å². The molecular formula is C22H22ClNO5S. The van der Waals surface area contributed by atoms with Gasteiger partial charge in [-0.25, -0.2) is 13.1 Å². The van der Waals surface area contributed by atoms with E-state index in [-0.39, 0.29) is 11.5 Å². The van der Waals surface area contributed by atoms with Gasteiger partial charge in [0.05, 0.1) is 18.0 Å². The van der Waals surface area contributed by atoms with Gasteiger partial charge in [-0.3, -0.25) is 0 Å². The zero-order valence-electron chi connectivity index (χ0n) is 16.5. The third-order valence-corrected chi connectivity index (χ3v) is 5.92. The molecule has 3 aromatic carbocycles. The number of sulfonamides is 1. The molecule has 0 radical (unpaired) electrons. The van der Waals surface area contributed by atoms with Gasteiger partial charge in [0.2, 0.25) is 10.0 Å². The van der Waals surface area contributed by atoms with Gasteiger partial charge in [0, 0.05) is 11.1 Å². The Kier molecular flexibility index (Phi) is 7.20. The third-order valence-electron chi connectivity index (χ3n) is 4.08. The normalized spacial score (nSPS) is 12.2. The van der Waals surface area contributed by atoms with Gasteiger partial charge in [-0.1, -0.05) is 17.7 Å². The second kappa shape index (κ2) is 9.84. The Labute approximate surface area is 181 Å². The molecule has 8 heteroatoms. The largest absolute Gasteiger partial charge is 0.497 e. The molecule has 0 spiro atoms. The molecule has 0 unspecified atom stereocenters. The minimum atomic E-state index is -3.75. The molecule has 158 valence electrons. The fourth-order valence-corrected chi connectivity index (χ4v) is 3.99. The van der Waals surface area contributed by atoms with Crippen molar-refractivity contribution in [3.05, 3.63) is 77.8 Å². The van der Waals surface area contributed by atoms with Crippen LogP contribution in [-0.2, 0) is 10.0 Å². The zero-order chi connectivity index (χ0) is 21.6. The Hall–Kier alpha value is -2.74. The highest BCUT2D eigenvalue weighted by molar-refractivity contribution is 7.89. The van der Waals surface area contributed by atoms with Crippen molar-refractivity contribution in [2.24, 2.45) is 0 Å². The van der Waals surface area contributed by atoms with E-state index in [0.717, 1.165) is 0 Å². The zero-order valence-corrected chi connectivity index (χ0v) is 18.1. The maximum atomic E-state index is 12.7. The monoisotopic (exact) mass is 447 g/mol. The predicted octanol–water partition coefficient (Wildman–Crippen LogP) is 4.89. The lowest BCUT2D eigenvalue weighted by atomic mass is 10.3. The van der Waals surface area contributed by atoms with Crippen LogP contribution in [0, 0.1) is 0 Å². The Morgan fingerprint density at radius 3 is 2.20 bits per heavy atom. The third kappa shape index (κ3) is 6.13. The second-order valence-corrected chi connectivity index (χ2v) is 8.69. The lowest BCUT2D eigenvalue weighted by Gasteiger charge is -2.16. The summed E-state index contributed by atoms with van der Waals surface area (Å²) in [5.41, 5.74) is 0. The van der Waals surface area contributed by atoms with E-state index in [4.69, 9.17) is 25.8 Å². The first-order chi connectivity index (χ1) is 14.4. The van der Waals surface area contributed by atoms with Gasteiger partial charge < -0.3 is 14.2 Å². The summed E-state index contributed by atoms with van der Waals surface area (Å²) in [6, 6.07) is 19.7. The van der Waals surface area contributed by atoms with E-state index in [1.165, 1.54) is 12.1 Å². The van der Waals surface area contributed by atoms with E-state index in [0.29, 0.717) is 28.0 Å². The Morgan fingerprint density at radius 2 is 1.53 bits per heavy atom. The first-order valence-corrected chi connectivity index (χ1v) is 11.0. The molecule has 3 rings (SSSR count). The molecule has 0 aliphatic rings. The summed E-state index contributed by atoms with van der Waals surface area (Å²) in [6.45, 7) is 1.90. The van der Waals surface area contributed by atoms with Gasteiger partial charge in [0.1, 0.15) is 29.6 Å². The van der Waals surface area contributed by atoms with Crippen molar-refractivity contribution in [2.75, 3.05) is 13.7 Å². The van der Waals surface area contributed by atoms with Crippen LogP contribution in [0.25, 0.3) is 0 Å². The molecular weight excluding hydrogens is 426 g/mol. The van der Waals surface area contributed by atoms with Crippen LogP contribution >= 0.6 is 11.6 Å². The van der Waals surface area contributed by atoms with Crippen molar-refractivity contribution in [1.82, 2.24) is 4.72 Å². The number of benzene rings is 3. The standard InChI is InChI=1S/C22H22ClNO5S/c1-16(15-28-19-8-6-17(23)7-9-19)24-30(25,26)22-5-3-4-21(14-22)29-20-12-10-18(27-2)11-13-20/h3-14,16,24H,15H2,1-2H3/t16-/m0/s1. The molecule has 1 N–H and O–H groups in total. The molecule has 0 fully saturated rings. The van der Waals surface area contributed by atoms with E-state index < -0.39 is 16.1 Å². The van der Waals surface area contributed by atoms with Crippen molar-refractivity contribution < 1.29 is 22.6 Å².